The number of rotatable bonds is 5. The van der Waals surface area contributed by atoms with Crippen LogP contribution >= 0.6 is 0 Å². The summed E-state index contributed by atoms with van der Waals surface area (Å²) in [7, 11) is 0. The van der Waals surface area contributed by atoms with Crippen LogP contribution in [0.5, 0.6) is 11.6 Å². The number of carbonyl (C=O) groups excluding carboxylic acids is 3. The third-order valence-electron chi connectivity index (χ3n) is 5.69. The third kappa shape index (κ3) is 3.84. The Kier molecular flexibility index (Phi) is 4.93. The van der Waals surface area contributed by atoms with Crippen molar-refractivity contribution in [3.05, 3.63) is 70.9 Å². The molecule has 2 aliphatic rings. The first-order chi connectivity index (χ1) is 15.5. The zero-order valence-electron chi connectivity index (χ0n) is 17.4. The van der Waals surface area contributed by atoms with Crippen molar-refractivity contribution in [1.82, 2.24) is 25.2 Å². The molecule has 1 N–H and O–H groups in total. The van der Waals surface area contributed by atoms with Crippen LogP contribution in [0.25, 0.3) is 0 Å². The van der Waals surface area contributed by atoms with Crippen LogP contribution in [0.4, 0.5) is 0 Å². The van der Waals surface area contributed by atoms with Crippen molar-refractivity contribution in [3.63, 3.8) is 0 Å². The molecule has 3 amide bonds. The van der Waals surface area contributed by atoms with Gasteiger partial charge in [-0.3, -0.25) is 19.7 Å². The van der Waals surface area contributed by atoms with Crippen molar-refractivity contribution in [3.8, 4) is 11.6 Å². The van der Waals surface area contributed by atoms with Gasteiger partial charge in [0.1, 0.15) is 11.8 Å². The van der Waals surface area contributed by atoms with E-state index >= 15 is 0 Å². The fraction of sp³-hybridized carbons (Fsp3) is 0.261. The summed E-state index contributed by atoms with van der Waals surface area (Å²) >= 11 is 0. The van der Waals surface area contributed by atoms with Gasteiger partial charge in [-0.15, -0.1) is 0 Å². The molecule has 0 radical (unpaired) electrons. The number of aryl methyl sites for hydroxylation is 1. The molecule has 162 valence electrons. The molecule has 3 heterocycles. The molecular formula is C23H21N5O4. The van der Waals surface area contributed by atoms with Crippen LogP contribution in [0.1, 0.15) is 39.9 Å². The number of hydrogen-bond acceptors (Lipinski definition) is 6. The van der Waals surface area contributed by atoms with Crippen molar-refractivity contribution in [2.75, 3.05) is 0 Å². The molecule has 2 aliphatic heterocycles. The summed E-state index contributed by atoms with van der Waals surface area (Å²) in [4.78, 5) is 38.0. The van der Waals surface area contributed by atoms with Crippen molar-refractivity contribution >= 4 is 17.7 Å². The molecule has 0 spiro atoms. The van der Waals surface area contributed by atoms with E-state index in [4.69, 9.17) is 4.74 Å². The van der Waals surface area contributed by atoms with Crippen molar-refractivity contribution < 1.29 is 19.1 Å². The SMILES string of the molecule is Cc1ccc(Oc2cn(Cc3ccc4c(c3)CN(C3CCC(=O)NC3=O)C4=O)nn2)cc1. The average molecular weight is 431 g/mol. The first kappa shape index (κ1) is 19.9. The van der Waals surface area contributed by atoms with E-state index in [0.29, 0.717) is 36.7 Å². The van der Waals surface area contributed by atoms with Crippen LogP contribution in [0.15, 0.2) is 48.7 Å². The summed E-state index contributed by atoms with van der Waals surface area (Å²) in [5, 5.41) is 10.5. The molecule has 3 aromatic rings. The Morgan fingerprint density at radius 3 is 2.72 bits per heavy atom. The van der Waals surface area contributed by atoms with Gasteiger partial charge in [-0.2, -0.15) is 0 Å². The summed E-state index contributed by atoms with van der Waals surface area (Å²) in [6, 6.07) is 12.6. The molecule has 2 aromatic carbocycles. The molecule has 1 fully saturated rings. The molecule has 1 aromatic heterocycles. The maximum atomic E-state index is 12.8. The van der Waals surface area contributed by atoms with Crippen LogP contribution in [0.3, 0.4) is 0 Å². The predicted octanol–water partition coefficient (Wildman–Crippen LogP) is 2.19. The maximum Gasteiger partial charge on any atom is 0.258 e. The van der Waals surface area contributed by atoms with Crippen molar-refractivity contribution in [2.24, 2.45) is 0 Å². The molecule has 1 atom stereocenters. The quantitative estimate of drug-likeness (QED) is 0.621. The number of aromatic nitrogens is 3. The van der Waals surface area contributed by atoms with Crippen LogP contribution in [0.2, 0.25) is 0 Å². The highest BCUT2D eigenvalue weighted by Crippen LogP contribution is 2.28. The number of fused-ring (bicyclic) bond motifs is 1. The summed E-state index contributed by atoms with van der Waals surface area (Å²) in [5.41, 5.74) is 3.54. The summed E-state index contributed by atoms with van der Waals surface area (Å²) in [5.74, 6) is 0.194. The zero-order chi connectivity index (χ0) is 22.2. The average Bonchev–Trinajstić information content (AvgIpc) is 3.33. The number of hydrogen-bond donors (Lipinski definition) is 1. The number of imide groups is 1. The number of carbonyl (C=O) groups is 3. The molecule has 9 heteroatoms. The Hall–Kier alpha value is -4.01. The fourth-order valence-electron chi connectivity index (χ4n) is 4.04. The van der Waals surface area contributed by atoms with E-state index in [1.165, 1.54) is 0 Å². The fourth-order valence-corrected chi connectivity index (χ4v) is 4.04. The molecule has 1 saturated heterocycles. The lowest BCUT2D eigenvalue weighted by atomic mass is 10.0. The summed E-state index contributed by atoms with van der Waals surface area (Å²) in [6.07, 6.45) is 2.30. The lowest BCUT2D eigenvalue weighted by molar-refractivity contribution is -0.136. The Labute approximate surface area is 184 Å². The number of piperidine rings is 1. The van der Waals surface area contributed by atoms with Gasteiger partial charge in [0.05, 0.1) is 12.7 Å². The van der Waals surface area contributed by atoms with E-state index in [2.05, 4.69) is 15.6 Å². The lowest BCUT2D eigenvalue weighted by Crippen LogP contribution is -2.52. The number of ether oxygens (including phenoxy) is 1. The number of benzene rings is 2. The van der Waals surface area contributed by atoms with Gasteiger partial charge in [-0.1, -0.05) is 40.1 Å². The second-order valence-corrected chi connectivity index (χ2v) is 8.06. The highest BCUT2D eigenvalue weighted by molar-refractivity contribution is 6.05. The molecule has 0 saturated carbocycles. The number of amides is 3. The van der Waals surface area contributed by atoms with E-state index in [9.17, 15) is 14.4 Å². The van der Waals surface area contributed by atoms with Gasteiger partial charge < -0.3 is 9.64 Å². The smallest absolute Gasteiger partial charge is 0.258 e. The molecule has 5 rings (SSSR count). The summed E-state index contributed by atoms with van der Waals surface area (Å²) in [6.45, 7) is 2.81. The topological polar surface area (TPSA) is 106 Å². The van der Waals surface area contributed by atoms with Gasteiger partial charge in [-0.05, 0) is 42.7 Å². The second kappa shape index (κ2) is 7.92. The van der Waals surface area contributed by atoms with Gasteiger partial charge in [0.25, 0.3) is 11.8 Å². The zero-order valence-corrected chi connectivity index (χ0v) is 17.4. The normalized spacial score (nSPS) is 18.0. The monoisotopic (exact) mass is 431 g/mol. The van der Waals surface area contributed by atoms with Crippen molar-refractivity contribution in [1.29, 1.82) is 0 Å². The molecule has 1 unspecified atom stereocenters. The largest absolute Gasteiger partial charge is 0.436 e. The van der Waals surface area contributed by atoms with Gasteiger partial charge in [0, 0.05) is 18.5 Å². The molecule has 32 heavy (non-hydrogen) atoms. The van der Waals surface area contributed by atoms with Gasteiger partial charge in [0.15, 0.2) is 0 Å². The van der Waals surface area contributed by atoms with Crippen molar-refractivity contribution in [2.45, 2.75) is 38.9 Å². The maximum absolute atomic E-state index is 12.8. The standard InChI is InChI=1S/C23H21N5O4/c1-14-2-5-17(6-3-14)32-21-13-27(26-25-21)11-15-4-7-18-16(10-15)12-28(23(18)31)19-8-9-20(29)24-22(19)30/h2-7,10,13,19H,8-9,11-12H2,1H3,(H,24,29,30). The molecular weight excluding hydrogens is 410 g/mol. The second-order valence-electron chi connectivity index (χ2n) is 8.06. The Bertz CT molecular complexity index is 1220. The van der Waals surface area contributed by atoms with Crippen LogP contribution in [-0.2, 0) is 22.7 Å². The molecule has 0 aliphatic carbocycles. The highest BCUT2D eigenvalue weighted by atomic mass is 16.5. The Morgan fingerprint density at radius 2 is 1.94 bits per heavy atom. The van der Waals surface area contributed by atoms with Crippen LogP contribution < -0.4 is 10.1 Å². The van der Waals surface area contributed by atoms with Crippen LogP contribution in [0, 0.1) is 6.92 Å². The minimum atomic E-state index is -0.618. The Morgan fingerprint density at radius 1 is 1.12 bits per heavy atom. The first-order valence-electron chi connectivity index (χ1n) is 10.4. The van der Waals surface area contributed by atoms with E-state index in [0.717, 1.165) is 16.7 Å². The molecule has 0 bridgehead atoms. The predicted molar refractivity (Wildman–Crippen MR) is 113 cm³/mol. The van der Waals surface area contributed by atoms with Crippen LogP contribution in [-0.4, -0.2) is 43.7 Å². The van der Waals surface area contributed by atoms with E-state index in [1.54, 1.807) is 21.8 Å². The van der Waals surface area contributed by atoms with E-state index < -0.39 is 11.9 Å². The molecule has 9 nitrogen and oxygen atoms in total. The van der Waals surface area contributed by atoms with E-state index in [1.807, 2.05) is 43.3 Å². The van der Waals surface area contributed by atoms with Gasteiger partial charge >= 0.3 is 0 Å². The summed E-state index contributed by atoms with van der Waals surface area (Å²) < 4.78 is 7.40. The number of nitrogens with zero attached hydrogens (tertiary/aromatic N) is 4. The van der Waals surface area contributed by atoms with Gasteiger partial charge in [-0.25, -0.2) is 4.68 Å². The van der Waals surface area contributed by atoms with Gasteiger partial charge in [0.2, 0.25) is 11.8 Å². The first-order valence-corrected chi connectivity index (χ1v) is 10.4. The minimum Gasteiger partial charge on any atom is -0.436 e. The Balaban J connectivity index is 1.27. The highest BCUT2D eigenvalue weighted by Gasteiger charge is 2.39. The number of nitrogens with one attached hydrogen (secondary N) is 1. The lowest BCUT2D eigenvalue weighted by Gasteiger charge is -2.29. The van der Waals surface area contributed by atoms with E-state index in [-0.39, 0.29) is 18.2 Å². The minimum absolute atomic E-state index is 0.185. The third-order valence-corrected chi connectivity index (χ3v) is 5.69.